The van der Waals surface area contributed by atoms with Gasteiger partial charge in [-0.2, -0.15) is 0 Å². The summed E-state index contributed by atoms with van der Waals surface area (Å²) < 4.78 is 34.7. The first-order chi connectivity index (χ1) is 9.42. The average molecular weight is 302 g/mol. The van der Waals surface area contributed by atoms with Crippen molar-refractivity contribution >= 4 is 10.0 Å². The first kappa shape index (κ1) is 15.4. The van der Waals surface area contributed by atoms with Gasteiger partial charge in [0.05, 0.1) is 0 Å². The number of nitrogens with two attached hydrogens (primary N) is 1. The number of imidazole rings is 1. The average Bonchev–Trinajstić information content (AvgIpc) is 2.81. The molecule has 1 aliphatic rings. The third-order valence-corrected chi connectivity index (χ3v) is 5.21. The first-order valence-corrected chi connectivity index (χ1v) is 8.26. The van der Waals surface area contributed by atoms with Crippen molar-refractivity contribution < 1.29 is 13.2 Å². The molecule has 1 aromatic rings. The van der Waals surface area contributed by atoms with Crippen LogP contribution in [0.15, 0.2) is 11.2 Å². The minimum Gasteiger partial charge on any atom is -0.381 e. The van der Waals surface area contributed by atoms with Crippen molar-refractivity contribution in [3.8, 4) is 0 Å². The van der Waals surface area contributed by atoms with E-state index in [1.54, 1.807) is 17.7 Å². The molecule has 1 saturated heterocycles. The highest BCUT2D eigenvalue weighted by atomic mass is 32.2. The second-order valence-corrected chi connectivity index (χ2v) is 6.74. The molecule has 0 bridgehead atoms. The molecule has 0 atom stereocenters. The summed E-state index contributed by atoms with van der Waals surface area (Å²) in [6, 6.07) is 0. The van der Waals surface area contributed by atoms with Gasteiger partial charge in [0.1, 0.15) is 5.82 Å². The maximum absolute atomic E-state index is 12.5. The van der Waals surface area contributed by atoms with Crippen molar-refractivity contribution in [3.63, 3.8) is 0 Å². The molecular formula is C12H22N4O3S. The Labute approximate surface area is 119 Å². The zero-order valence-electron chi connectivity index (χ0n) is 11.9. The van der Waals surface area contributed by atoms with Gasteiger partial charge >= 0.3 is 0 Å². The number of aromatic nitrogens is 2. The molecule has 1 aromatic heterocycles. The van der Waals surface area contributed by atoms with Crippen LogP contribution >= 0.6 is 0 Å². The Bertz CT molecular complexity index is 561. The molecule has 114 valence electrons. The second-order valence-electron chi connectivity index (χ2n) is 5.11. The van der Waals surface area contributed by atoms with Crippen LogP contribution in [0.25, 0.3) is 0 Å². The van der Waals surface area contributed by atoms with Crippen molar-refractivity contribution in [3.05, 3.63) is 12.0 Å². The number of aryl methyl sites for hydroxylation is 2. The molecule has 0 aliphatic carbocycles. The predicted molar refractivity (Wildman–Crippen MR) is 74.8 cm³/mol. The van der Waals surface area contributed by atoms with E-state index in [2.05, 4.69) is 9.71 Å². The van der Waals surface area contributed by atoms with Gasteiger partial charge in [0.2, 0.25) is 0 Å². The second kappa shape index (κ2) is 5.80. The van der Waals surface area contributed by atoms with Gasteiger partial charge in [-0.3, -0.25) is 0 Å². The van der Waals surface area contributed by atoms with Crippen LogP contribution in [-0.4, -0.2) is 43.3 Å². The molecule has 7 nitrogen and oxygen atoms in total. The molecule has 0 spiro atoms. The molecule has 20 heavy (non-hydrogen) atoms. The van der Waals surface area contributed by atoms with Crippen LogP contribution in [0.1, 0.15) is 25.6 Å². The molecule has 3 N–H and O–H groups in total. The number of rotatable bonds is 5. The van der Waals surface area contributed by atoms with E-state index in [4.69, 9.17) is 10.5 Å². The Morgan fingerprint density at radius 1 is 1.50 bits per heavy atom. The van der Waals surface area contributed by atoms with Crippen molar-refractivity contribution in [2.75, 3.05) is 19.8 Å². The normalized spacial score (nSPS) is 19.1. The summed E-state index contributed by atoms with van der Waals surface area (Å²) in [6.07, 6.45) is 2.72. The zero-order valence-corrected chi connectivity index (χ0v) is 12.7. The highest BCUT2D eigenvalue weighted by Crippen LogP contribution is 2.22. The largest absolute Gasteiger partial charge is 0.381 e. The van der Waals surface area contributed by atoms with Crippen LogP contribution in [-0.2, 0) is 21.3 Å². The number of sulfonamides is 1. The van der Waals surface area contributed by atoms with Crippen LogP contribution < -0.4 is 10.5 Å². The van der Waals surface area contributed by atoms with Gasteiger partial charge in [-0.1, -0.05) is 0 Å². The molecule has 0 unspecified atom stereocenters. The van der Waals surface area contributed by atoms with E-state index in [1.165, 1.54) is 0 Å². The lowest BCUT2D eigenvalue weighted by Gasteiger charge is -2.36. The fourth-order valence-electron chi connectivity index (χ4n) is 2.38. The van der Waals surface area contributed by atoms with Gasteiger partial charge in [-0.05, 0) is 26.7 Å². The third kappa shape index (κ3) is 3.03. The summed E-state index contributed by atoms with van der Waals surface area (Å²) in [5.41, 5.74) is 5.15. The van der Waals surface area contributed by atoms with E-state index in [-0.39, 0.29) is 11.6 Å². The maximum atomic E-state index is 12.5. The van der Waals surface area contributed by atoms with E-state index in [9.17, 15) is 8.42 Å². The molecule has 0 saturated carbocycles. The van der Waals surface area contributed by atoms with Crippen LogP contribution in [0.2, 0.25) is 0 Å². The van der Waals surface area contributed by atoms with Gasteiger partial charge in [0, 0.05) is 38.0 Å². The summed E-state index contributed by atoms with van der Waals surface area (Å²) in [7, 11) is -3.66. The van der Waals surface area contributed by atoms with E-state index < -0.39 is 15.6 Å². The Morgan fingerprint density at radius 3 is 2.65 bits per heavy atom. The van der Waals surface area contributed by atoms with Crippen molar-refractivity contribution in [1.82, 2.24) is 14.3 Å². The third-order valence-electron chi connectivity index (χ3n) is 3.76. The fourth-order valence-corrected chi connectivity index (χ4v) is 3.86. The number of ether oxygens (including phenoxy) is 1. The Balaban J connectivity index is 2.25. The summed E-state index contributed by atoms with van der Waals surface area (Å²) >= 11 is 0. The number of nitrogens with one attached hydrogen (secondary N) is 1. The zero-order chi connectivity index (χ0) is 14.8. The van der Waals surface area contributed by atoms with E-state index in [0.717, 1.165) is 0 Å². The topological polar surface area (TPSA) is 99.2 Å². The van der Waals surface area contributed by atoms with Gasteiger partial charge in [-0.15, -0.1) is 0 Å². The highest BCUT2D eigenvalue weighted by molar-refractivity contribution is 7.89. The molecule has 2 heterocycles. The minimum absolute atomic E-state index is 0.0520. The van der Waals surface area contributed by atoms with Gasteiger partial charge in [0.25, 0.3) is 10.0 Å². The van der Waals surface area contributed by atoms with Gasteiger partial charge in [-0.25, -0.2) is 18.1 Å². The lowest BCUT2D eigenvalue weighted by Crippen LogP contribution is -2.56. The quantitative estimate of drug-likeness (QED) is 0.797. The lowest BCUT2D eigenvalue weighted by atomic mass is 9.92. The molecular weight excluding hydrogens is 280 g/mol. The van der Waals surface area contributed by atoms with Crippen molar-refractivity contribution in [1.29, 1.82) is 0 Å². The van der Waals surface area contributed by atoms with Gasteiger partial charge < -0.3 is 15.0 Å². The van der Waals surface area contributed by atoms with Crippen LogP contribution in [0.4, 0.5) is 0 Å². The van der Waals surface area contributed by atoms with Crippen LogP contribution in [0.3, 0.4) is 0 Å². The number of hydrogen-bond donors (Lipinski definition) is 2. The molecule has 0 aromatic carbocycles. The molecule has 0 radical (unpaired) electrons. The van der Waals surface area contributed by atoms with E-state index in [1.807, 2.05) is 6.92 Å². The Morgan fingerprint density at radius 2 is 2.15 bits per heavy atom. The summed E-state index contributed by atoms with van der Waals surface area (Å²) in [5, 5.41) is 0.0520. The van der Waals surface area contributed by atoms with Crippen LogP contribution in [0, 0.1) is 6.92 Å². The first-order valence-electron chi connectivity index (χ1n) is 6.78. The van der Waals surface area contributed by atoms with Gasteiger partial charge in [0.15, 0.2) is 5.03 Å². The standard InChI is InChI=1S/C12H22N4O3S/c1-3-16-8-11(14-10(16)2)20(17,18)15-12(9-13)4-6-19-7-5-12/h8,15H,3-7,9,13H2,1-2H3. The molecule has 1 fully saturated rings. The SMILES string of the molecule is CCn1cc(S(=O)(=O)NC2(CN)CCOCC2)nc1C. The highest BCUT2D eigenvalue weighted by Gasteiger charge is 2.36. The monoisotopic (exact) mass is 302 g/mol. The molecule has 8 heteroatoms. The smallest absolute Gasteiger partial charge is 0.260 e. The maximum Gasteiger partial charge on any atom is 0.260 e. The Hall–Kier alpha value is -0.960. The van der Waals surface area contributed by atoms with Crippen molar-refractivity contribution in [2.24, 2.45) is 5.73 Å². The summed E-state index contributed by atoms with van der Waals surface area (Å²) in [5.74, 6) is 0.682. The molecule has 1 aliphatic heterocycles. The summed E-state index contributed by atoms with van der Waals surface area (Å²) in [6.45, 7) is 5.70. The molecule has 2 rings (SSSR count). The van der Waals surface area contributed by atoms with E-state index in [0.29, 0.717) is 38.4 Å². The van der Waals surface area contributed by atoms with Crippen LogP contribution in [0.5, 0.6) is 0 Å². The van der Waals surface area contributed by atoms with Crippen molar-refractivity contribution in [2.45, 2.75) is 43.8 Å². The summed E-state index contributed by atoms with van der Waals surface area (Å²) in [4.78, 5) is 4.12. The lowest BCUT2D eigenvalue weighted by molar-refractivity contribution is 0.0501. The Kier molecular flexibility index (Phi) is 4.48. The fraction of sp³-hybridized carbons (Fsp3) is 0.750. The van der Waals surface area contributed by atoms with E-state index >= 15 is 0 Å². The number of nitrogens with zero attached hydrogens (tertiary/aromatic N) is 2. The minimum atomic E-state index is -3.66. The predicted octanol–water partition coefficient (Wildman–Crippen LogP) is -0.00238. The molecule has 0 amide bonds. The number of hydrogen-bond acceptors (Lipinski definition) is 5.